The normalized spacial score (nSPS) is 20.9. The smallest absolute Gasteiger partial charge is 0.323 e. The van der Waals surface area contributed by atoms with Gasteiger partial charge >= 0.3 is 6.03 Å². The van der Waals surface area contributed by atoms with Gasteiger partial charge in [-0.1, -0.05) is 31.1 Å². The highest BCUT2D eigenvalue weighted by Gasteiger charge is 2.40. The maximum atomic E-state index is 12.7. The van der Waals surface area contributed by atoms with E-state index in [4.69, 9.17) is 13.8 Å². The van der Waals surface area contributed by atoms with Gasteiger partial charge in [-0.25, -0.2) is 4.79 Å². The molecule has 1 aliphatic heterocycles. The average Bonchev–Trinajstić information content (AvgIpc) is 3.24. The number of carbonyl (C=O) groups excluding carboxylic acids is 1. The summed E-state index contributed by atoms with van der Waals surface area (Å²) in [7, 11) is 1.62. The van der Waals surface area contributed by atoms with Crippen molar-refractivity contribution in [3.63, 3.8) is 0 Å². The molecule has 0 spiro atoms. The molecular weight excluding hydrogens is 326 g/mol. The highest BCUT2D eigenvalue weighted by atomic mass is 16.5. The maximum Gasteiger partial charge on any atom is 0.323 e. The van der Waals surface area contributed by atoms with E-state index in [2.05, 4.69) is 20.6 Å². The summed E-state index contributed by atoms with van der Waals surface area (Å²) in [5.74, 6) is 2.00. The number of rotatable bonds is 3. The van der Waals surface area contributed by atoms with Gasteiger partial charge in [-0.15, -0.1) is 0 Å². The molecule has 2 aromatic rings. The van der Waals surface area contributed by atoms with Gasteiger partial charge in [0.15, 0.2) is 11.6 Å². The molecule has 0 unspecified atom stereocenters. The zero-order valence-electron chi connectivity index (χ0n) is 15.1. The molecule has 1 N–H and O–H groups in total. The van der Waals surface area contributed by atoms with Gasteiger partial charge in [0.25, 0.3) is 0 Å². The summed E-state index contributed by atoms with van der Waals surface area (Å²) in [4.78, 5) is 18.6. The van der Waals surface area contributed by atoms with Crippen LogP contribution in [0.3, 0.4) is 0 Å². The van der Waals surface area contributed by atoms with Crippen LogP contribution in [0.4, 0.5) is 10.6 Å². The van der Waals surface area contributed by atoms with E-state index in [1.165, 1.54) is 0 Å². The lowest BCUT2D eigenvalue weighted by atomic mass is 9.93. The fourth-order valence-corrected chi connectivity index (χ4v) is 2.74. The summed E-state index contributed by atoms with van der Waals surface area (Å²) in [5, 5.41) is 10.5. The molecule has 0 radical (unpaired) electrons. The molecule has 0 aromatic carbocycles. The van der Waals surface area contributed by atoms with Crippen LogP contribution in [0.1, 0.15) is 50.7 Å². The van der Waals surface area contributed by atoms with E-state index in [1.54, 1.807) is 25.0 Å². The first-order chi connectivity index (χ1) is 11.8. The minimum atomic E-state index is -0.333. The minimum Gasteiger partial charge on any atom is -0.380 e. The molecule has 3 rings (SSSR count). The topological polar surface area (TPSA) is 107 Å². The van der Waals surface area contributed by atoms with Crippen molar-refractivity contribution in [1.29, 1.82) is 0 Å². The molecule has 2 atom stereocenters. The Morgan fingerprint density at radius 1 is 1.36 bits per heavy atom. The Kier molecular flexibility index (Phi) is 4.51. The third-order valence-corrected chi connectivity index (χ3v) is 4.17. The van der Waals surface area contributed by atoms with Crippen LogP contribution >= 0.6 is 0 Å². The van der Waals surface area contributed by atoms with Crippen molar-refractivity contribution < 1.29 is 18.6 Å². The zero-order chi connectivity index (χ0) is 18.2. The van der Waals surface area contributed by atoms with Gasteiger partial charge in [0.2, 0.25) is 5.89 Å². The number of carbonyl (C=O) groups is 1. The minimum absolute atomic E-state index is 0.0922. The van der Waals surface area contributed by atoms with E-state index in [9.17, 15) is 4.79 Å². The number of aromatic nitrogens is 3. The third-order valence-electron chi connectivity index (χ3n) is 4.17. The number of hydrogen-bond donors (Lipinski definition) is 1. The van der Waals surface area contributed by atoms with Gasteiger partial charge in [0.1, 0.15) is 11.8 Å². The SMILES string of the molecule is CO[C@@H]1C[C@H](c2nc(C)no2)N(C(=O)Nc2cc(C(C)(C)C)on2)C1. The van der Waals surface area contributed by atoms with Crippen molar-refractivity contribution in [1.82, 2.24) is 20.2 Å². The molecule has 0 bridgehead atoms. The van der Waals surface area contributed by atoms with Crippen molar-refractivity contribution in [2.75, 3.05) is 19.0 Å². The highest BCUT2D eigenvalue weighted by molar-refractivity contribution is 5.88. The Morgan fingerprint density at radius 3 is 2.68 bits per heavy atom. The first-order valence-electron chi connectivity index (χ1n) is 8.15. The van der Waals surface area contributed by atoms with Gasteiger partial charge in [-0.3, -0.25) is 5.32 Å². The first-order valence-corrected chi connectivity index (χ1v) is 8.15. The quantitative estimate of drug-likeness (QED) is 0.907. The first kappa shape index (κ1) is 17.4. The molecule has 0 saturated carbocycles. The molecule has 9 nitrogen and oxygen atoms in total. The molecule has 2 aromatic heterocycles. The van der Waals surface area contributed by atoms with Crippen LogP contribution in [-0.2, 0) is 10.2 Å². The number of methoxy groups -OCH3 is 1. The molecule has 2 amide bonds. The summed E-state index contributed by atoms with van der Waals surface area (Å²) in [6.45, 7) is 8.20. The van der Waals surface area contributed by atoms with Crippen LogP contribution in [0.5, 0.6) is 0 Å². The monoisotopic (exact) mass is 349 g/mol. The molecule has 3 heterocycles. The molecule has 9 heteroatoms. The number of aryl methyl sites for hydroxylation is 1. The van der Waals surface area contributed by atoms with Gasteiger partial charge < -0.3 is 18.7 Å². The highest BCUT2D eigenvalue weighted by Crippen LogP contribution is 2.33. The third kappa shape index (κ3) is 3.65. The van der Waals surface area contributed by atoms with E-state index in [0.29, 0.717) is 36.3 Å². The number of amides is 2. The van der Waals surface area contributed by atoms with E-state index < -0.39 is 0 Å². The Labute approximate surface area is 145 Å². The molecule has 0 aliphatic carbocycles. The maximum absolute atomic E-state index is 12.7. The Balaban J connectivity index is 1.76. The second-order valence-corrected chi connectivity index (χ2v) is 7.20. The van der Waals surface area contributed by atoms with Gasteiger partial charge in [-0.05, 0) is 6.92 Å². The van der Waals surface area contributed by atoms with Crippen molar-refractivity contribution in [2.45, 2.75) is 51.7 Å². The Bertz CT molecular complexity index is 748. The summed E-state index contributed by atoms with van der Waals surface area (Å²) in [6.07, 6.45) is 0.503. The van der Waals surface area contributed by atoms with E-state index in [-0.39, 0.29) is 23.6 Å². The van der Waals surface area contributed by atoms with Crippen LogP contribution in [0, 0.1) is 6.92 Å². The van der Waals surface area contributed by atoms with Gasteiger partial charge in [-0.2, -0.15) is 4.98 Å². The summed E-state index contributed by atoms with van der Waals surface area (Å²) in [5.41, 5.74) is -0.186. The summed E-state index contributed by atoms with van der Waals surface area (Å²) in [6, 6.07) is 1.09. The lowest BCUT2D eigenvalue weighted by Gasteiger charge is -2.21. The molecule has 1 aliphatic rings. The number of hydrogen-bond acceptors (Lipinski definition) is 7. The predicted octanol–water partition coefficient (Wildman–Crippen LogP) is 2.66. The second-order valence-electron chi connectivity index (χ2n) is 7.20. The van der Waals surface area contributed by atoms with E-state index in [0.717, 1.165) is 0 Å². The summed E-state index contributed by atoms with van der Waals surface area (Å²) < 4.78 is 16.0. The lowest BCUT2D eigenvalue weighted by molar-refractivity contribution is 0.111. The van der Waals surface area contributed by atoms with Crippen molar-refractivity contribution in [2.24, 2.45) is 0 Å². The lowest BCUT2D eigenvalue weighted by Crippen LogP contribution is -2.35. The zero-order valence-corrected chi connectivity index (χ0v) is 15.1. The fourth-order valence-electron chi connectivity index (χ4n) is 2.74. The number of nitrogens with one attached hydrogen (secondary N) is 1. The van der Waals surface area contributed by atoms with E-state index in [1.807, 2.05) is 20.8 Å². The molecule has 1 saturated heterocycles. The molecular formula is C16H23N5O4. The van der Waals surface area contributed by atoms with Gasteiger partial charge in [0.05, 0.1) is 6.10 Å². The van der Waals surface area contributed by atoms with Gasteiger partial charge in [0, 0.05) is 31.6 Å². The standard InChI is InChI=1S/C16H23N5O4/c1-9-17-14(25-19-9)11-6-10(23-5)8-21(11)15(22)18-13-7-12(24-20-13)16(2,3)4/h7,10-11H,6,8H2,1-5H3,(H,18,20,22)/t10-,11-/m1/s1. The van der Waals surface area contributed by atoms with Crippen LogP contribution in [0.2, 0.25) is 0 Å². The summed E-state index contributed by atoms with van der Waals surface area (Å²) >= 11 is 0. The van der Waals surface area contributed by atoms with E-state index >= 15 is 0 Å². The van der Waals surface area contributed by atoms with Crippen LogP contribution in [0.25, 0.3) is 0 Å². The number of anilines is 1. The molecule has 136 valence electrons. The molecule has 25 heavy (non-hydrogen) atoms. The Morgan fingerprint density at radius 2 is 2.12 bits per heavy atom. The van der Waals surface area contributed by atoms with Crippen LogP contribution in [-0.4, -0.2) is 46.0 Å². The predicted molar refractivity (Wildman–Crippen MR) is 88.1 cm³/mol. The number of likely N-dealkylation sites (tertiary alicyclic amines) is 1. The second kappa shape index (κ2) is 6.47. The molecule has 1 fully saturated rings. The van der Waals surface area contributed by atoms with Crippen LogP contribution in [0.15, 0.2) is 15.1 Å². The number of nitrogens with zero attached hydrogens (tertiary/aromatic N) is 4. The van der Waals surface area contributed by atoms with Crippen LogP contribution < -0.4 is 5.32 Å². The van der Waals surface area contributed by atoms with Crippen molar-refractivity contribution >= 4 is 11.8 Å². The Hall–Kier alpha value is -2.42. The number of ether oxygens (including phenoxy) is 1. The van der Waals surface area contributed by atoms with Crippen molar-refractivity contribution in [3.8, 4) is 0 Å². The fraction of sp³-hybridized carbons (Fsp3) is 0.625. The number of urea groups is 1. The largest absolute Gasteiger partial charge is 0.380 e. The average molecular weight is 349 g/mol. The van der Waals surface area contributed by atoms with Crippen molar-refractivity contribution in [3.05, 3.63) is 23.5 Å².